The summed E-state index contributed by atoms with van der Waals surface area (Å²) >= 11 is 5.99. The number of hydrogen-bond donors (Lipinski definition) is 1. The van der Waals surface area contributed by atoms with E-state index in [2.05, 4.69) is 5.32 Å². The molecule has 1 aliphatic heterocycles. The van der Waals surface area contributed by atoms with Gasteiger partial charge >= 0.3 is 0 Å². The van der Waals surface area contributed by atoms with Crippen LogP contribution in [-0.4, -0.2) is 32.4 Å². The lowest BCUT2D eigenvalue weighted by Crippen LogP contribution is -2.33. The van der Waals surface area contributed by atoms with Gasteiger partial charge in [0.2, 0.25) is 0 Å². The zero-order valence-electron chi connectivity index (χ0n) is 11.0. The number of nitrogens with one attached hydrogen (secondary N) is 1. The van der Waals surface area contributed by atoms with Crippen molar-refractivity contribution in [1.29, 1.82) is 0 Å². The third-order valence-electron chi connectivity index (χ3n) is 3.28. The molecule has 1 aromatic carbocycles. The van der Waals surface area contributed by atoms with Gasteiger partial charge in [-0.1, -0.05) is 11.6 Å². The summed E-state index contributed by atoms with van der Waals surface area (Å²) in [5, 5.41) is 3.61. The number of ether oxygens (including phenoxy) is 2. The minimum absolute atomic E-state index is 0.0575. The van der Waals surface area contributed by atoms with Gasteiger partial charge in [0, 0.05) is 19.1 Å². The van der Waals surface area contributed by atoms with E-state index in [1.54, 1.807) is 6.07 Å². The fourth-order valence-corrected chi connectivity index (χ4v) is 2.44. The molecule has 19 heavy (non-hydrogen) atoms. The Morgan fingerprint density at radius 2 is 2.37 bits per heavy atom. The molecule has 1 fully saturated rings. The van der Waals surface area contributed by atoms with Crippen LogP contribution in [0.25, 0.3) is 0 Å². The van der Waals surface area contributed by atoms with Crippen LogP contribution in [0.1, 0.15) is 13.3 Å². The molecule has 0 amide bonds. The predicted molar refractivity (Wildman–Crippen MR) is 73.3 cm³/mol. The van der Waals surface area contributed by atoms with Crippen molar-refractivity contribution in [2.75, 3.05) is 26.3 Å². The summed E-state index contributed by atoms with van der Waals surface area (Å²) in [6.07, 6.45) is 0.995. The van der Waals surface area contributed by atoms with Gasteiger partial charge < -0.3 is 14.8 Å². The normalized spacial score (nSPS) is 20.5. The molecule has 0 radical (unpaired) electrons. The van der Waals surface area contributed by atoms with E-state index in [0.717, 1.165) is 19.5 Å². The van der Waals surface area contributed by atoms with Crippen LogP contribution >= 0.6 is 11.6 Å². The zero-order chi connectivity index (χ0) is 13.7. The van der Waals surface area contributed by atoms with Gasteiger partial charge in [0.15, 0.2) is 0 Å². The monoisotopic (exact) mass is 287 g/mol. The SMILES string of the molecule is CCOC[C@H](Oc1ccc(F)cc1Cl)[C@H]1CCNC1. The first-order chi connectivity index (χ1) is 9.20. The molecule has 0 saturated carbocycles. The van der Waals surface area contributed by atoms with E-state index in [-0.39, 0.29) is 11.9 Å². The molecule has 0 bridgehead atoms. The van der Waals surface area contributed by atoms with Gasteiger partial charge in [0.05, 0.1) is 11.6 Å². The molecule has 0 aliphatic carbocycles. The first-order valence-corrected chi connectivity index (χ1v) is 6.98. The zero-order valence-corrected chi connectivity index (χ0v) is 11.8. The highest BCUT2D eigenvalue weighted by Gasteiger charge is 2.27. The topological polar surface area (TPSA) is 30.5 Å². The molecule has 1 heterocycles. The van der Waals surface area contributed by atoms with Gasteiger partial charge in [-0.15, -0.1) is 0 Å². The molecule has 0 spiro atoms. The van der Waals surface area contributed by atoms with Crippen LogP contribution in [0.5, 0.6) is 5.75 Å². The van der Waals surface area contributed by atoms with E-state index in [1.165, 1.54) is 12.1 Å². The maximum absolute atomic E-state index is 13.0. The third-order valence-corrected chi connectivity index (χ3v) is 3.58. The summed E-state index contributed by atoms with van der Waals surface area (Å²) in [5.74, 6) is 0.550. The Morgan fingerprint density at radius 1 is 1.53 bits per heavy atom. The van der Waals surface area contributed by atoms with Crippen LogP contribution in [0, 0.1) is 11.7 Å². The summed E-state index contributed by atoms with van der Waals surface area (Å²) in [7, 11) is 0. The second kappa shape index (κ2) is 7.08. The van der Waals surface area contributed by atoms with Crippen LogP contribution in [0.15, 0.2) is 18.2 Å². The van der Waals surface area contributed by atoms with E-state index < -0.39 is 0 Å². The highest BCUT2D eigenvalue weighted by atomic mass is 35.5. The molecule has 0 unspecified atom stereocenters. The van der Waals surface area contributed by atoms with Crippen molar-refractivity contribution < 1.29 is 13.9 Å². The largest absolute Gasteiger partial charge is 0.486 e. The molecule has 106 valence electrons. The molecular formula is C14H19ClFNO2. The number of rotatable bonds is 6. The lowest BCUT2D eigenvalue weighted by atomic mass is 10.0. The maximum atomic E-state index is 13.0. The van der Waals surface area contributed by atoms with Gasteiger partial charge in [-0.05, 0) is 38.1 Å². The van der Waals surface area contributed by atoms with Crippen molar-refractivity contribution in [2.45, 2.75) is 19.4 Å². The maximum Gasteiger partial charge on any atom is 0.138 e. The standard InChI is InChI=1S/C14H19ClFNO2/c1-2-18-9-14(10-5-6-17-8-10)19-13-4-3-11(16)7-12(13)15/h3-4,7,10,14,17H,2,5-6,8-9H2,1H3/t10-,14-/m0/s1. The van der Waals surface area contributed by atoms with Crippen molar-refractivity contribution in [3.63, 3.8) is 0 Å². The van der Waals surface area contributed by atoms with Crippen LogP contribution in [0.4, 0.5) is 4.39 Å². The van der Waals surface area contributed by atoms with Crippen molar-refractivity contribution >= 4 is 11.6 Å². The minimum Gasteiger partial charge on any atom is -0.486 e. The van der Waals surface area contributed by atoms with E-state index in [4.69, 9.17) is 21.1 Å². The molecule has 1 aliphatic rings. The Labute approximate surface area is 118 Å². The molecule has 1 N–H and O–H groups in total. The van der Waals surface area contributed by atoms with Crippen molar-refractivity contribution in [3.8, 4) is 5.75 Å². The van der Waals surface area contributed by atoms with Crippen LogP contribution in [-0.2, 0) is 4.74 Å². The average Bonchev–Trinajstić information content (AvgIpc) is 2.90. The van der Waals surface area contributed by atoms with Gasteiger partial charge in [-0.2, -0.15) is 0 Å². The summed E-state index contributed by atoms with van der Waals surface area (Å²) < 4.78 is 24.4. The van der Waals surface area contributed by atoms with E-state index in [0.29, 0.717) is 29.9 Å². The van der Waals surface area contributed by atoms with E-state index >= 15 is 0 Å². The van der Waals surface area contributed by atoms with E-state index in [9.17, 15) is 4.39 Å². The van der Waals surface area contributed by atoms with E-state index in [1.807, 2.05) is 6.92 Å². The highest BCUT2D eigenvalue weighted by Crippen LogP contribution is 2.28. The second-order valence-corrected chi connectivity index (χ2v) is 5.05. The molecule has 1 aromatic rings. The average molecular weight is 288 g/mol. The van der Waals surface area contributed by atoms with Gasteiger partial charge in [-0.25, -0.2) is 4.39 Å². The molecular weight excluding hydrogens is 269 g/mol. The van der Waals surface area contributed by atoms with Crippen LogP contribution in [0.3, 0.4) is 0 Å². The summed E-state index contributed by atoms with van der Waals surface area (Å²) in [6.45, 7) is 5.03. The molecule has 1 saturated heterocycles. The highest BCUT2D eigenvalue weighted by molar-refractivity contribution is 6.32. The number of benzene rings is 1. The van der Waals surface area contributed by atoms with Crippen LogP contribution in [0.2, 0.25) is 5.02 Å². The van der Waals surface area contributed by atoms with Crippen molar-refractivity contribution in [2.24, 2.45) is 5.92 Å². The predicted octanol–water partition coefficient (Wildman–Crippen LogP) is 2.87. The summed E-state index contributed by atoms with van der Waals surface area (Å²) in [6, 6.07) is 4.19. The Hall–Kier alpha value is -0.840. The number of hydrogen-bond acceptors (Lipinski definition) is 3. The summed E-state index contributed by atoms with van der Waals surface area (Å²) in [5.41, 5.74) is 0. The molecule has 2 atom stereocenters. The van der Waals surface area contributed by atoms with Gasteiger partial charge in [0.25, 0.3) is 0 Å². The molecule has 2 rings (SSSR count). The van der Waals surface area contributed by atoms with Crippen molar-refractivity contribution in [3.05, 3.63) is 29.0 Å². The third kappa shape index (κ3) is 4.06. The smallest absolute Gasteiger partial charge is 0.138 e. The van der Waals surface area contributed by atoms with Gasteiger partial charge in [-0.3, -0.25) is 0 Å². The lowest BCUT2D eigenvalue weighted by molar-refractivity contribution is 0.0291. The van der Waals surface area contributed by atoms with Crippen molar-refractivity contribution in [1.82, 2.24) is 5.32 Å². The Balaban J connectivity index is 2.05. The van der Waals surface area contributed by atoms with Crippen LogP contribution < -0.4 is 10.1 Å². The Morgan fingerprint density at radius 3 is 3.00 bits per heavy atom. The molecule has 3 nitrogen and oxygen atoms in total. The van der Waals surface area contributed by atoms with Gasteiger partial charge in [0.1, 0.15) is 17.7 Å². The second-order valence-electron chi connectivity index (χ2n) is 4.64. The summed E-state index contributed by atoms with van der Waals surface area (Å²) in [4.78, 5) is 0. The Kier molecular flexibility index (Phi) is 5.43. The number of halogens is 2. The fraction of sp³-hybridized carbons (Fsp3) is 0.571. The first kappa shape index (κ1) is 14.6. The molecule has 5 heteroatoms. The fourth-order valence-electron chi connectivity index (χ4n) is 2.23. The minimum atomic E-state index is -0.360. The Bertz CT molecular complexity index is 410. The quantitative estimate of drug-likeness (QED) is 0.873. The first-order valence-electron chi connectivity index (χ1n) is 6.61. The molecule has 0 aromatic heterocycles. The lowest BCUT2D eigenvalue weighted by Gasteiger charge is -2.24.